The average molecular weight is 490 g/mol. The SMILES string of the molecule is CC(C)SCC(NC(=O)CCC(C)(C)OCCC(C)(C)OCCC(=O)C(C)C)C(C)C(=O)O. The zero-order valence-electron chi connectivity index (χ0n) is 22.2. The molecule has 1 amide bonds. The lowest BCUT2D eigenvalue weighted by Gasteiger charge is -2.30. The lowest BCUT2D eigenvalue weighted by Crippen LogP contribution is -2.44. The van der Waals surface area contributed by atoms with Gasteiger partial charge in [0.25, 0.3) is 0 Å². The molecule has 0 aromatic carbocycles. The Balaban J connectivity index is 4.49. The number of Topliss-reactive ketones (excluding diaryl/α,β-unsaturated/α-hetero) is 1. The van der Waals surface area contributed by atoms with Crippen molar-refractivity contribution in [3.05, 3.63) is 0 Å². The minimum absolute atomic E-state index is 0.0228. The van der Waals surface area contributed by atoms with Crippen LogP contribution in [-0.2, 0) is 23.9 Å². The van der Waals surface area contributed by atoms with Crippen molar-refractivity contribution in [2.45, 2.75) is 110 Å². The predicted octanol–water partition coefficient (Wildman–Crippen LogP) is 4.71. The zero-order valence-corrected chi connectivity index (χ0v) is 23.0. The molecule has 0 aliphatic heterocycles. The van der Waals surface area contributed by atoms with Crippen LogP contribution >= 0.6 is 11.8 Å². The van der Waals surface area contributed by atoms with Gasteiger partial charge in [-0.1, -0.05) is 27.7 Å². The molecule has 0 aromatic rings. The molecule has 2 atom stereocenters. The van der Waals surface area contributed by atoms with Crippen LogP contribution in [0.3, 0.4) is 0 Å². The monoisotopic (exact) mass is 489 g/mol. The number of hydrogen-bond acceptors (Lipinski definition) is 6. The molecule has 0 saturated heterocycles. The van der Waals surface area contributed by atoms with Gasteiger partial charge in [0, 0.05) is 24.5 Å². The number of rotatable bonds is 18. The first kappa shape index (κ1) is 31.9. The van der Waals surface area contributed by atoms with Crippen LogP contribution in [0.4, 0.5) is 0 Å². The van der Waals surface area contributed by atoms with E-state index in [1.54, 1.807) is 18.7 Å². The molecule has 0 fully saturated rings. The molecule has 0 aromatic heterocycles. The van der Waals surface area contributed by atoms with Gasteiger partial charge in [-0.3, -0.25) is 14.4 Å². The van der Waals surface area contributed by atoms with Crippen LogP contribution < -0.4 is 5.32 Å². The molecular formula is C25H47NO6S. The van der Waals surface area contributed by atoms with Gasteiger partial charge < -0.3 is 19.9 Å². The molecule has 0 aliphatic carbocycles. The Morgan fingerprint density at radius 2 is 1.42 bits per heavy atom. The molecule has 33 heavy (non-hydrogen) atoms. The fourth-order valence-corrected chi connectivity index (χ4v) is 3.87. The number of carboxylic acid groups (broad SMARTS) is 1. The number of carbonyl (C=O) groups excluding carboxylic acids is 2. The van der Waals surface area contributed by atoms with E-state index >= 15 is 0 Å². The van der Waals surface area contributed by atoms with Crippen LogP contribution in [0.5, 0.6) is 0 Å². The molecule has 0 spiro atoms. The maximum absolute atomic E-state index is 12.5. The van der Waals surface area contributed by atoms with Crippen molar-refractivity contribution >= 4 is 29.4 Å². The second-order valence-corrected chi connectivity index (χ2v) is 12.1. The summed E-state index contributed by atoms with van der Waals surface area (Å²) in [5, 5.41) is 12.6. The summed E-state index contributed by atoms with van der Waals surface area (Å²) in [5.74, 6) is -0.935. The molecule has 0 heterocycles. The smallest absolute Gasteiger partial charge is 0.308 e. The summed E-state index contributed by atoms with van der Waals surface area (Å²) in [6, 6.07) is -0.410. The molecule has 194 valence electrons. The molecule has 0 rings (SSSR count). The summed E-state index contributed by atoms with van der Waals surface area (Å²) in [5.41, 5.74) is -0.902. The van der Waals surface area contributed by atoms with Crippen LogP contribution in [0, 0.1) is 11.8 Å². The Hall–Kier alpha value is -1.12. The van der Waals surface area contributed by atoms with Crippen LogP contribution in [0.15, 0.2) is 0 Å². The summed E-state index contributed by atoms with van der Waals surface area (Å²) < 4.78 is 11.9. The minimum Gasteiger partial charge on any atom is -0.481 e. The summed E-state index contributed by atoms with van der Waals surface area (Å²) in [6.45, 7) is 18.2. The number of nitrogens with one attached hydrogen (secondary N) is 1. The lowest BCUT2D eigenvalue weighted by atomic mass is 10.00. The van der Waals surface area contributed by atoms with E-state index in [0.29, 0.717) is 43.5 Å². The summed E-state index contributed by atoms with van der Waals surface area (Å²) in [6.07, 6.45) is 1.87. The largest absolute Gasteiger partial charge is 0.481 e. The van der Waals surface area contributed by atoms with Gasteiger partial charge in [-0.15, -0.1) is 0 Å². The highest BCUT2D eigenvalue weighted by Gasteiger charge is 2.27. The fourth-order valence-electron chi connectivity index (χ4n) is 2.91. The third-order valence-electron chi connectivity index (χ3n) is 5.58. The van der Waals surface area contributed by atoms with Crippen molar-refractivity contribution in [3.8, 4) is 0 Å². The minimum atomic E-state index is -0.910. The van der Waals surface area contributed by atoms with E-state index in [-0.39, 0.29) is 24.0 Å². The van der Waals surface area contributed by atoms with Crippen molar-refractivity contribution in [3.63, 3.8) is 0 Å². The molecule has 2 N–H and O–H groups in total. The van der Waals surface area contributed by atoms with Crippen molar-refractivity contribution in [1.82, 2.24) is 5.32 Å². The Kier molecular flexibility index (Phi) is 14.5. The van der Waals surface area contributed by atoms with Gasteiger partial charge in [0.15, 0.2) is 0 Å². The number of carbonyl (C=O) groups is 3. The zero-order chi connectivity index (χ0) is 25.8. The van der Waals surface area contributed by atoms with E-state index in [1.165, 1.54) is 0 Å². The standard InChI is InChI=1S/C25H47NO6S/c1-17(2)21(27)11-14-31-25(8,9)13-15-32-24(6,7)12-10-22(28)26-20(16-33-18(3)4)19(5)23(29)30/h17-20H,10-16H2,1-9H3,(H,26,28)(H,29,30). The number of thioether (sulfide) groups is 1. The third kappa shape index (κ3) is 15.4. The topological polar surface area (TPSA) is 102 Å². The van der Waals surface area contributed by atoms with Gasteiger partial charge in [0.05, 0.1) is 36.4 Å². The molecule has 8 heteroatoms. The number of ether oxygens (including phenoxy) is 2. The first-order valence-electron chi connectivity index (χ1n) is 12.0. The fraction of sp³-hybridized carbons (Fsp3) is 0.880. The van der Waals surface area contributed by atoms with Gasteiger partial charge in [-0.05, 0) is 52.7 Å². The first-order chi connectivity index (χ1) is 15.1. The van der Waals surface area contributed by atoms with Gasteiger partial charge >= 0.3 is 5.97 Å². The maximum Gasteiger partial charge on any atom is 0.308 e. The van der Waals surface area contributed by atoms with E-state index in [9.17, 15) is 19.5 Å². The van der Waals surface area contributed by atoms with E-state index < -0.39 is 29.1 Å². The molecule has 7 nitrogen and oxygen atoms in total. The molecule has 0 radical (unpaired) electrons. The van der Waals surface area contributed by atoms with Crippen LogP contribution in [0.25, 0.3) is 0 Å². The van der Waals surface area contributed by atoms with Crippen molar-refractivity contribution < 1.29 is 29.0 Å². The summed E-state index contributed by atoms with van der Waals surface area (Å²) in [4.78, 5) is 35.7. The van der Waals surface area contributed by atoms with E-state index in [0.717, 1.165) is 0 Å². The number of amides is 1. The van der Waals surface area contributed by atoms with Crippen LogP contribution in [-0.4, -0.2) is 64.2 Å². The van der Waals surface area contributed by atoms with E-state index in [1.807, 2.05) is 55.4 Å². The van der Waals surface area contributed by atoms with E-state index in [4.69, 9.17) is 9.47 Å². The van der Waals surface area contributed by atoms with E-state index in [2.05, 4.69) is 5.32 Å². The van der Waals surface area contributed by atoms with Crippen LogP contribution in [0.1, 0.15) is 88.0 Å². The number of ketones is 1. The second-order valence-electron chi connectivity index (χ2n) is 10.5. The quantitative estimate of drug-likeness (QED) is 0.287. The van der Waals surface area contributed by atoms with Gasteiger partial charge in [-0.25, -0.2) is 0 Å². The molecular weight excluding hydrogens is 442 g/mol. The molecule has 0 bridgehead atoms. The van der Waals surface area contributed by atoms with Crippen LogP contribution in [0.2, 0.25) is 0 Å². The van der Waals surface area contributed by atoms with Crippen molar-refractivity contribution in [1.29, 1.82) is 0 Å². The Bertz CT molecular complexity index is 618. The summed E-state index contributed by atoms with van der Waals surface area (Å²) in [7, 11) is 0. The Labute approximate surface area is 205 Å². The first-order valence-corrected chi connectivity index (χ1v) is 13.1. The van der Waals surface area contributed by atoms with Gasteiger partial charge in [-0.2, -0.15) is 11.8 Å². The Morgan fingerprint density at radius 3 is 1.94 bits per heavy atom. The summed E-state index contributed by atoms with van der Waals surface area (Å²) >= 11 is 1.64. The number of carboxylic acids is 1. The van der Waals surface area contributed by atoms with Crippen molar-refractivity contribution in [2.24, 2.45) is 11.8 Å². The highest BCUT2D eigenvalue weighted by molar-refractivity contribution is 7.99. The molecule has 0 aliphatic rings. The molecule has 0 saturated carbocycles. The number of aliphatic carboxylic acids is 1. The third-order valence-corrected chi connectivity index (χ3v) is 6.80. The van der Waals surface area contributed by atoms with Gasteiger partial charge in [0.1, 0.15) is 5.78 Å². The maximum atomic E-state index is 12.5. The Morgan fingerprint density at radius 1 is 0.879 bits per heavy atom. The van der Waals surface area contributed by atoms with Crippen molar-refractivity contribution in [2.75, 3.05) is 19.0 Å². The predicted molar refractivity (Wildman–Crippen MR) is 135 cm³/mol. The normalized spacial score (nSPS) is 14.4. The second kappa shape index (κ2) is 15.0. The average Bonchev–Trinajstić information content (AvgIpc) is 2.68. The highest BCUT2D eigenvalue weighted by Crippen LogP contribution is 2.22. The highest BCUT2D eigenvalue weighted by atomic mass is 32.2. The van der Waals surface area contributed by atoms with Gasteiger partial charge in [0.2, 0.25) is 5.91 Å². The molecule has 2 unspecified atom stereocenters. The number of hydrogen-bond donors (Lipinski definition) is 2. The lowest BCUT2D eigenvalue weighted by molar-refractivity contribution is -0.142.